The van der Waals surface area contributed by atoms with E-state index in [0.29, 0.717) is 12.5 Å². The molecule has 1 aromatic carbocycles. The van der Waals surface area contributed by atoms with Crippen LogP contribution in [-0.4, -0.2) is 39.5 Å². The molecule has 0 radical (unpaired) electrons. The van der Waals surface area contributed by atoms with Gasteiger partial charge in [0.1, 0.15) is 0 Å². The fraction of sp³-hybridized carbons (Fsp3) is 0.600. The first-order valence-corrected chi connectivity index (χ1v) is 9.11. The van der Waals surface area contributed by atoms with Gasteiger partial charge in [0, 0.05) is 13.1 Å². The van der Waals surface area contributed by atoms with Crippen molar-refractivity contribution >= 4 is 10.2 Å². The lowest BCUT2D eigenvalue weighted by Gasteiger charge is -2.32. The number of piperidine rings is 1. The van der Waals surface area contributed by atoms with E-state index >= 15 is 0 Å². The normalized spacial score (nSPS) is 20.5. The van der Waals surface area contributed by atoms with Crippen LogP contribution in [0.1, 0.15) is 24.8 Å². The highest BCUT2D eigenvalue weighted by molar-refractivity contribution is 7.87. The molecule has 0 aliphatic carbocycles. The first-order valence-electron chi connectivity index (χ1n) is 7.56. The molecule has 0 spiro atoms. The molecule has 1 fully saturated rings. The summed E-state index contributed by atoms with van der Waals surface area (Å²) in [6.45, 7) is 3.59. The number of nitrogens with zero attached hydrogens (tertiary/aromatic N) is 1. The lowest BCUT2D eigenvalue weighted by atomic mass is 9.98. The average Bonchev–Trinajstić information content (AvgIpc) is 2.46. The summed E-state index contributed by atoms with van der Waals surface area (Å²) in [6, 6.07) is 10.5. The summed E-state index contributed by atoms with van der Waals surface area (Å²) in [5, 5.41) is 4.98. The molecule has 0 aromatic heterocycles. The zero-order valence-electron chi connectivity index (χ0n) is 12.4. The highest BCUT2D eigenvalue weighted by Gasteiger charge is 2.20. The summed E-state index contributed by atoms with van der Waals surface area (Å²) in [6.07, 6.45) is 4.43. The van der Waals surface area contributed by atoms with Gasteiger partial charge in [-0.3, -0.25) is 0 Å². The van der Waals surface area contributed by atoms with E-state index in [1.54, 1.807) is 0 Å². The maximum Gasteiger partial charge on any atom is 0.274 e. The van der Waals surface area contributed by atoms with Crippen LogP contribution >= 0.6 is 0 Å². The summed E-state index contributed by atoms with van der Waals surface area (Å²) < 4.78 is 24.3. The molecule has 1 heterocycles. The quantitative estimate of drug-likeness (QED) is 0.792. The van der Waals surface area contributed by atoms with Crippen molar-refractivity contribution in [1.29, 1.82) is 0 Å². The van der Waals surface area contributed by atoms with Gasteiger partial charge in [-0.05, 0) is 50.3 Å². The Morgan fingerprint density at radius 1 is 1.29 bits per heavy atom. The molecular formula is C15H25N3O2S. The Bertz CT molecular complexity index is 519. The van der Waals surface area contributed by atoms with E-state index in [4.69, 9.17) is 5.14 Å². The minimum Gasteiger partial charge on any atom is -0.303 e. The Hall–Kier alpha value is -0.950. The third kappa shape index (κ3) is 6.56. The standard InChI is InChI=1S/C15H25N3O2S/c16-21(19,20)17-12-15-9-5-11-18(13-15)10-4-8-14-6-2-1-3-7-14/h1-3,6-7,15,17H,4-5,8-13H2,(H2,16,19,20)/t15-/m0/s1. The van der Waals surface area contributed by atoms with E-state index in [9.17, 15) is 8.42 Å². The van der Waals surface area contributed by atoms with Crippen LogP contribution in [0.3, 0.4) is 0 Å². The van der Waals surface area contributed by atoms with Gasteiger partial charge in [-0.2, -0.15) is 8.42 Å². The second-order valence-corrected chi connectivity index (χ2v) is 7.17. The second-order valence-electron chi connectivity index (χ2n) is 5.79. The largest absolute Gasteiger partial charge is 0.303 e. The fourth-order valence-electron chi connectivity index (χ4n) is 2.91. The molecule has 3 N–H and O–H groups in total. The van der Waals surface area contributed by atoms with Crippen molar-refractivity contribution in [3.63, 3.8) is 0 Å². The summed E-state index contributed by atoms with van der Waals surface area (Å²) in [5.41, 5.74) is 1.38. The van der Waals surface area contributed by atoms with Crippen LogP contribution in [0, 0.1) is 5.92 Å². The second kappa shape index (κ2) is 7.89. The monoisotopic (exact) mass is 311 g/mol. The van der Waals surface area contributed by atoms with Crippen LogP contribution in [0.5, 0.6) is 0 Å². The Labute approximate surface area is 127 Å². The average molecular weight is 311 g/mol. The van der Waals surface area contributed by atoms with Gasteiger partial charge < -0.3 is 4.90 Å². The molecule has 21 heavy (non-hydrogen) atoms. The van der Waals surface area contributed by atoms with Crippen LogP contribution in [0.2, 0.25) is 0 Å². The van der Waals surface area contributed by atoms with Gasteiger partial charge in [0.25, 0.3) is 10.2 Å². The molecular weight excluding hydrogens is 286 g/mol. The van der Waals surface area contributed by atoms with E-state index in [2.05, 4.69) is 33.9 Å². The first kappa shape index (κ1) is 16.4. The maximum absolute atomic E-state index is 10.9. The van der Waals surface area contributed by atoms with Crippen LogP contribution in [0.15, 0.2) is 30.3 Å². The highest BCUT2D eigenvalue weighted by atomic mass is 32.2. The van der Waals surface area contributed by atoms with E-state index < -0.39 is 10.2 Å². The number of benzene rings is 1. The van der Waals surface area contributed by atoms with Gasteiger partial charge in [0.15, 0.2) is 0 Å². The number of nitrogens with two attached hydrogens (primary N) is 1. The third-order valence-corrected chi connectivity index (χ3v) is 4.53. The lowest BCUT2D eigenvalue weighted by Crippen LogP contribution is -2.42. The number of rotatable bonds is 7. The SMILES string of the molecule is NS(=O)(=O)NC[C@@H]1CCCN(CCCc2ccccc2)C1. The van der Waals surface area contributed by atoms with E-state index in [1.807, 2.05) is 6.07 Å². The molecule has 1 atom stereocenters. The predicted molar refractivity (Wildman–Crippen MR) is 85.0 cm³/mol. The lowest BCUT2D eigenvalue weighted by molar-refractivity contribution is 0.174. The van der Waals surface area contributed by atoms with Gasteiger partial charge in [-0.15, -0.1) is 0 Å². The van der Waals surface area contributed by atoms with Crippen molar-refractivity contribution in [3.8, 4) is 0 Å². The molecule has 0 bridgehead atoms. The molecule has 0 amide bonds. The molecule has 5 nitrogen and oxygen atoms in total. The van der Waals surface area contributed by atoms with Gasteiger partial charge in [0.2, 0.25) is 0 Å². The predicted octanol–water partition coefficient (Wildman–Crippen LogP) is 1.12. The topological polar surface area (TPSA) is 75.4 Å². The van der Waals surface area contributed by atoms with Crippen molar-refractivity contribution in [1.82, 2.24) is 9.62 Å². The zero-order valence-corrected chi connectivity index (χ0v) is 13.2. The molecule has 1 aromatic rings. The number of nitrogens with one attached hydrogen (secondary N) is 1. The summed E-state index contributed by atoms with van der Waals surface area (Å²) in [5.74, 6) is 0.369. The third-order valence-electron chi connectivity index (χ3n) is 3.96. The molecule has 0 unspecified atom stereocenters. The van der Waals surface area contributed by atoms with Crippen molar-refractivity contribution in [2.45, 2.75) is 25.7 Å². The van der Waals surface area contributed by atoms with Crippen molar-refractivity contribution in [3.05, 3.63) is 35.9 Å². The number of hydrogen-bond donors (Lipinski definition) is 2. The van der Waals surface area contributed by atoms with E-state index in [-0.39, 0.29) is 0 Å². The zero-order chi connectivity index (χ0) is 15.1. The number of aryl methyl sites for hydroxylation is 1. The smallest absolute Gasteiger partial charge is 0.274 e. The van der Waals surface area contributed by atoms with Gasteiger partial charge in [0.05, 0.1) is 0 Å². The van der Waals surface area contributed by atoms with E-state index in [1.165, 1.54) is 5.56 Å². The van der Waals surface area contributed by atoms with Crippen LogP contribution in [0.4, 0.5) is 0 Å². The van der Waals surface area contributed by atoms with Crippen LogP contribution in [0.25, 0.3) is 0 Å². The Morgan fingerprint density at radius 2 is 2.05 bits per heavy atom. The Balaban J connectivity index is 1.69. The molecule has 1 aliphatic rings. The molecule has 0 saturated carbocycles. The molecule has 2 rings (SSSR count). The maximum atomic E-state index is 10.9. The first-order chi connectivity index (χ1) is 10.0. The van der Waals surface area contributed by atoms with Gasteiger partial charge in [-0.25, -0.2) is 9.86 Å². The molecule has 1 saturated heterocycles. The minimum absolute atomic E-state index is 0.369. The van der Waals surface area contributed by atoms with Crippen molar-refractivity contribution in [2.75, 3.05) is 26.2 Å². The highest BCUT2D eigenvalue weighted by Crippen LogP contribution is 2.16. The Kier molecular flexibility index (Phi) is 6.17. The number of likely N-dealkylation sites (tertiary alicyclic amines) is 1. The van der Waals surface area contributed by atoms with Gasteiger partial charge in [-0.1, -0.05) is 30.3 Å². The summed E-state index contributed by atoms with van der Waals surface area (Å²) in [4.78, 5) is 2.43. The summed E-state index contributed by atoms with van der Waals surface area (Å²) >= 11 is 0. The molecule has 6 heteroatoms. The van der Waals surface area contributed by atoms with Crippen molar-refractivity contribution < 1.29 is 8.42 Å². The van der Waals surface area contributed by atoms with Gasteiger partial charge >= 0.3 is 0 Å². The number of hydrogen-bond acceptors (Lipinski definition) is 3. The summed E-state index contributed by atoms with van der Waals surface area (Å²) in [7, 11) is -3.56. The van der Waals surface area contributed by atoms with E-state index in [0.717, 1.165) is 45.3 Å². The molecule has 1 aliphatic heterocycles. The fourth-order valence-corrected chi connectivity index (χ4v) is 3.37. The molecule has 118 valence electrons. The minimum atomic E-state index is -3.56. The van der Waals surface area contributed by atoms with Crippen LogP contribution in [-0.2, 0) is 16.6 Å². The Morgan fingerprint density at radius 3 is 2.76 bits per heavy atom. The van der Waals surface area contributed by atoms with Crippen molar-refractivity contribution in [2.24, 2.45) is 11.1 Å². The van der Waals surface area contributed by atoms with Crippen LogP contribution < -0.4 is 9.86 Å².